The lowest BCUT2D eigenvalue weighted by atomic mass is 10.1. The summed E-state index contributed by atoms with van der Waals surface area (Å²) in [6, 6.07) is 12.2. The fourth-order valence-electron chi connectivity index (χ4n) is 3.05. The van der Waals surface area contributed by atoms with Crippen LogP contribution in [-0.2, 0) is 10.2 Å². The lowest BCUT2D eigenvalue weighted by Gasteiger charge is -2.18. The Morgan fingerprint density at radius 2 is 1.84 bits per heavy atom. The topological polar surface area (TPSA) is 120 Å². The second-order valence-corrected chi connectivity index (χ2v) is 11.3. The molecule has 0 spiro atoms. The van der Waals surface area contributed by atoms with Gasteiger partial charge < -0.3 is 20.5 Å². The summed E-state index contributed by atoms with van der Waals surface area (Å²) in [7, 11) is -1.08. The third kappa shape index (κ3) is 7.74. The zero-order valence-electron chi connectivity index (χ0n) is 20.1. The van der Waals surface area contributed by atoms with Crippen LogP contribution in [0.4, 0.5) is 25.8 Å². The number of nitrogens with one attached hydrogen (secondary N) is 3. The Labute approximate surface area is 227 Å². The molecule has 13 heteroatoms. The number of rotatable bonds is 10. The molecule has 0 saturated carbocycles. The van der Waals surface area contributed by atoms with Crippen LogP contribution in [0.25, 0.3) is 0 Å². The van der Waals surface area contributed by atoms with Gasteiger partial charge in [-0.1, -0.05) is 6.07 Å². The van der Waals surface area contributed by atoms with E-state index in [0.717, 1.165) is 16.4 Å². The summed E-state index contributed by atoms with van der Waals surface area (Å²) in [6.07, 6.45) is -0.861. The number of amides is 1. The predicted octanol–water partition coefficient (Wildman–Crippen LogP) is 4.43. The quantitative estimate of drug-likeness (QED) is 0.242. The Bertz CT molecular complexity index is 1400. The van der Waals surface area contributed by atoms with E-state index in [9.17, 15) is 27.1 Å². The molecule has 1 amide bonds. The number of nitrogens with zero attached hydrogens (tertiary/aromatic N) is 1. The van der Waals surface area contributed by atoms with Crippen LogP contribution in [0.5, 0.6) is 11.5 Å². The Hall–Kier alpha value is -3.01. The summed E-state index contributed by atoms with van der Waals surface area (Å²) in [5, 5.41) is 14.9. The van der Waals surface area contributed by atoms with E-state index in [1.165, 1.54) is 57.4 Å². The smallest absolute Gasteiger partial charge is 0.301 e. The third-order valence-electron chi connectivity index (χ3n) is 4.84. The average molecular weight is 646 g/mol. The van der Waals surface area contributed by atoms with Gasteiger partial charge in [0.2, 0.25) is 0 Å². The van der Waals surface area contributed by atoms with Crippen molar-refractivity contribution in [2.75, 3.05) is 30.7 Å². The van der Waals surface area contributed by atoms with Gasteiger partial charge in [-0.15, -0.1) is 0 Å². The van der Waals surface area contributed by atoms with Crippen LogP contribution in [0.3, 0.4) is 0 Å². The number of carbonyl (C=O) groups is 1. The number of halogens is 3. The van der Waals surface area contributed by atoms with Gasteiger partial charge in [-0.05, 0) is 65.9 Å². The summed E-state index contributed by atoms with van der Waals surface area (Å²) in [5.41, 5.74) is -0.0643. The van der Waals surface area contributed by atoms with E-state index >= 15 is 0 Å². The number of hydrogen-bond donors (Lipinski definition) is 4. The molecular formula is C24H25F2IN4O5S. The number of aliphatic hydroxyl groups is 1. The van der Waals surface area contributed by atoms with Crippen molar-refractivity contribution in [1.82, 2.24) is 9.62 Å². The first-order valence-corrected chi connectivity index (χ1v) is 13.4. The van der Waals surface area contributed by atoms with Crippen LogP contribution in [0.15, 0.2) is 54.6 Å². The van der Waals surface area contributed by atoms with Crippen LogP contribution in [0, 0.1) is 15.2 Å². The lowest BCUT2D eigenvalue weighted by Crippen LogP contribution is -2.31. The van der Waals surface area contributed by atoms with Gasteiger partial charge in [-0.2, -0.15) is 12.7 Å². The van der Waals surface area contributed by atoms with E-state index in [0.29, 0.717) is 3.57 Å². The SMILES string of the molecule is C[C@@H](O)CNC(=O)c1c(Nc2ccc(I)cc2F)cc(F)cc1Oc1cccc(NS(=O)(=O)N(C)C)c1. The Kier molecular flexibility index (Phi) is 9.28. The molecule has 0 saturated heterocycles. The number of carbonyl (C=O) groups excluding carboxylic acids is 1. The molecule has 4 N–H and O–H groups in total. The molecule has 37 heavy (non-hydrogen) atoms. The highest BCUT2D eigenvalue weighted by Gasteiger charge is 2.22. The van der Waals surface area contributed by atoms with E-state index in [4.69, 9.17) is 4.74 Å². The Morgan fingerprint density at radius 3 is 2.49 bits per heavy atom. The van der Waals surface area contributed by atoms with E-state index in [1.807, 2.05) is 22.6 Å². The molecule has 3 aromatic carbocycles. The largest absolute Gasteiger partial charge is 0.456 e. The molecule has 9 nitrogen and oxygen atoms in total. The van der Waals surface area contributed by atoms with Crippen LogP contribution < -0.4 is 20.1 Å². The highest BCUT2D eigenvalue weighted by atomic mass is 127. The minimum Gasteiger partial charge on any atom is -0.456 e. The Balaban J connectivity index is 2.04. The molecule has 0 aliphatic rings. The molecule has 0 aromatic heterocycles. The Morgan fingerprint density at radius 1 is 1.11 bits per heavy atom. The van der Waals surface area contributed by atoms with Gasteiger partial charge in [-0.3, -0.25) is 9.52 Å². The van der Waals surface area contributed by atoms with Gasteiger partial charge in [0.05, 0.1) is 23.2 Å². The van der Waals surface area contributed by atoms with E-state index in [-0.39, 0.29) is 40.7 Å². The van der Waals surface area contributed by atoms with Crippen LogP contribution in [0.2, 0.25) is 0 Å². The van der Waals surface area contributed by atoms with Gasteiger partial charge in [-0.25, -0.2) is 8.78 Å². The summed E-state index contributed by atoms with van der Waals surface area (Å²) in [4.78, 5) is 13.1. The first-order chi connectivity index (χ1) is 17.4. The zero-order chi connectivity index (χ0) is 27.3. The van der Waals surface area contributed by atoms with Crippen molar-refractivity contribution in [3.63, 3.8) is 0 Å². The van der Waals surface area contributed by atoms with Crippen molar-refractivity contribution in [3.8, 4) is 11.5 Å². The van der Waals surface area contributed by atoms with Crippen molar-refractivity contribution >= 4 is 55.8 Å². The van der Waals surface area contributed by atoms with Crippen LogP contribution in [0.1, 0.15) is 17.3 Å². The first-order valence-electron chi connectivity index (χ1n) is 10.9. The monoisotopic (exact) mass is 646 g/mol. The molecule has 0 aliphatic carbocycles. The second-order valence-electron chi connectivity index (χ2n) is 8.15. The van der Waals surface area contributed by atoms with Gasteiger partial charge in [0, 0.05) is 36.3 Å². The normalized spacial score (nSPS) is 12.2. The van der Waals surface area contributed by atoms with Gasteiger partial charge in [0.15, 0.2) is 0 Å². The molecular weight excluding hydrogens is 621 g/mol. The maximum Gasteiger partial charge on any atom is 0.301 e. The van der Waals surface area contributed by atoms with Crippen molar-refractivity contribution in [2.24, 2.45) is 0 Å². The molecule has 1 atom stereocenters. The minimum absolute atomic E-state index is 0.00151. The molecule has 0 heterocycles. The third-order valence-corrected chi connectivity index (χ3v) is 6.97. The fraction of sp³-hybridized carbons (Fsp3) is 0.208. The zero-order valence-corrected chi connectivity index (χ0v) is 23.0. The molecule has 3 aromatic rings. The fourth-order valence-corrected chi connectivity index (χ4v) is 4.11. The van der Waals surface area contributed by atoms with E-state index in [2.05, 4.69) is 15.4 Å². The number of aliphatic hydroxyl groups excluding tert-OH is 1. The molecule has 0 aliphatic heterocycles. The lowest BCUT2D eigenvalue weighted by molar-refractivity contribution is 0.0922. The number of ether oxygens (including phenoxy) is 1. The molecule has 198 valence electrons. The van der Waals surface area contributed by atoms with Crippen LogP contribution in [-0.4, -0.2) is 50.5 Å². The van der Waals surface area contributed by atoms with Crippen molar-refractivity contribution in [2.45, 2.75) is 13.0 Å². The van der Waals surface area contributed by atoms with Gasteiger partial charge in [0.25, 0.3) is 5.91 Å². The van der Waals surface area contributed by atoms with Crippen LogP contribution >= 0.6 is 22.6 Å². The number of anilines is 3. The first kappa shape index (κ1) is 28.6. The second kappa shape index (κ2) is 12.0. The molecule has 0 radical (unpaired) electrons. The summed E-state index contributed by atoms with van der Waals surface area (Å²) in [6.45, 7) is 1.37. The summed E-state index contributed by atoms with van der Waals surface area (Å²) in [5.74, 6) is -2.23. The molecule has 3 rings (SSSR count). The highest BCUT2D eigenvalue weighted by molar-refractivity contribution is 14.1. The summed E-state index contributed by atoms with van der Waals surface area (Å²) >= 11 is 1.94. The van der Waals surface area contributed by atoms with Crippen molar-refractivity contribution in [3.05, 3.63) is 75.4 Å². The molecule has 0 unspecified atom stereocenters. The maximum atomic E-state index is 14.7. The van der Waals surface area contributed by atoms with Crippen molar-refractivity contribution in [1.29, 1.82) is 0 Å². The highest BCUT2D eigenvalue weighted by Crippen LogP contribution is 2.35. The number of hydrogen-bond acceptors (Lipinski definition) is 6. The molecule has 0 bridgehead atoms. The molecule has 0 fully saturated rings. The average Bonchev–Trinajstić information content (AvgIpc) is 2.79. The number of benzene rings is 3. The van der Waals surface area contributed by atoms with Gasteiger partial charge in [0.1, 0.15) is 28.7 Å². The summed E-state index contributed by atoms with van der Waals surface area (Å²) < 4.78 is 63.3. The predicted molar refractivity (Wildman–Crippen MR) is 146 cm³/mol. The minimum atomic E-state index is -3.80. The van der Waals surface area contributed by atoms with E-state index < -0.39 is 33.9 Å². The maximum absolute atomic E-state index is 14.7. The standard InChI is InChI=1S/C24H25F2IN4O5S/c1-14(32)13-28-24(33)23-21(29-20-8-7-16(27)11-19(20)26)9-15(25)10-22(23)36-18-6-4-5-17(12-18)30-37(34,35)31(2)3/h4-12,14,29-30,32H,13H2,1-3H3,(H,28,33)/t14-/m1/s1. The van der Waals surface area contributed by atoms with Crippen molar-refractivity contribution < 1.29 is 31.8 Å². The van der Waals surface area contributed by atoms with Gasteiger partial charge >= 0.3 is 10.2 Å². The van der Waals surface area contributed by atoms with E-state index in [1.54, 1.807) is 6.07 Å².